The van der Waals surface area contributed by atoms with Crippen LogP contribution in [0.1, 0.15) is 40.5 Å². The molecule has 10 heavy (non-hydrogen) atoms. The van der Waals surface area contributed by atoms with Crippen molar-refractivity contribution in [3.05, 3.63) is 0 Å². The Bertz CT molecular complexity index is 132. The van der Waals surface area contributed by atoms with Crippen molar-refractivity contribution in [3.8, 4) is 0 Å². The number of hydrogen-bond donors (Lipinski definition) is 1. The van der Waals surface area contributed by atoms with Crippen LogP contribution in [0.25, 0.3) is 0 Å². The first-order valence-corrected chi connectivity index (χ1v) is 4.19. The molecule has 0 saturated heterocycles. The van der Waals surface area contributed by atoms with Crippen molar-refractivity contribution < 1.29 is 0 Å². The van der Waals surface area contributed by atoms with Gasteiger partial charge in [0, 0.05) is 5.54 Å². The third-order valence-corrected chi connectivity index (χ3v) is 3.52. The van der Waals surface area contributed by atoms with Crippen LogP contribution in [0.4, 0.5) is 0 Å². The van der Waals surface area contributed by atoms with E-state index in [1.807, 2.05) is 0 Å². The topological polar surface area (TPSA) is 26.0 Å². The lowest BCUT2D eigenvalue weighted by molar-refractivity contribution is 0.179. The molecule has 0 amide bonds. The van der Waals surface area contributed by atoms with Crippen molar-refractivity contribution in [2.75, 3.05) is 0 Å². The molecule has 1 aliphatic carbocycles. The Kier molecular flexibility index (Phi) is 1.59. The summed E-state index contributed by atoms with van der Waals surface area (Å²) in [4.78, 5) is 0. The summed E-state index contributed by atoms with van der Waals surface area (Å²) in [6.45, 7) is 9.08. The maximum Gasteiger partial charge on any atom is 0.0209 e. The lowest BCUT2D eigenvalue weighted by atomic mass is 9.73. The molecule has 0 aliphatic heterocycles. The highest BCUT2D eigenvalue weighted by atomic mass is 14.9. The largest absolute Gasteiger partial charge is 0.325 e. The molecule has 1 nitrogen and oxygen atoms in total. The predicted molar refractivity (Wildman–Crippen MR) is 44.8 cm³/mol. The average molecular weight is 141 g/mol. The van der Waals surface area contributed by atoms with Crippen LogP contribution in [-0.4, -0.2) is 5.54 Å². The van der Waals surface area contributed by atoms with Crippen molar-refractivity contribution in [1.29, 1.82) is 0 Å². The fourth-order valence-corrected chi connectivity index (χ4v) is 1.35. The van der Waals surface area contributed by atoms with Gasteiger partial charge in [-0.05, 0) is 24.2 Å². The molecule has 1 heteroatoms. The molecule has 2 N–H and O–H groups in total. The summed E-state index contributed by atoms with van der Waals surface area (Å²) in [5, 5.41) is 0. The summed E-state index contributed by atoms with van der Waals surface area (Å²) in [6.07, 6.45) is 2.44. The molecule has 0 spiro atoms. The zero-order valence-corrected chi connectivity index (χ0v) is 7.57. The highest BCUT2D eigenvalue weighted by molar-refractivity contribution is 5.09. The second-order valence-electron chi connectivity index (χ2n) is 4.53. The molecule has 0 aromatic heterocycles. The minimum Gasteiger partial charge on any atom is -0.325 e. The summed E-state index contributed by atoms with van der Waals surface area (Å²) in [5.41, 5.74) is 6.62. The van der Waals surface area contributed by atoms with E-state index in [0.717, 1.165) is 0 Å². The van der Waals surface area contributed by atoms with E-state index in [1.54, 1.807) is 0 Å². The van der Waals surface area contributed by atoms with Crippen LogP contribution in [-0.2, 0) is 0 Å². The van der Waals surface area contributed by atoms with E-state index in [9.17, 15) is 0 Å². The fraction of sp³-hybridized carbons (Fsp3) is 1.00. The van der Waals surface area contributed by atoms with Gasteiger partial charge in [0.2, 0.25) is 0 Å². The van der Waals surface area contributed by atoms with Crippen molar-refractivity contribution in [2.45, 2.75) is 46.1 Å². The van der Waals surface area contributed by atoms with Gasteiger partial charge >= 0.3 is 0 Å². The van der Waals surface area contributed by atoms with Gasteiger partial charge in [0.05, 0.1) is 0 Å². The summed E-state index contributed by atoms with van der Waals surface area (Å²) in [7, 11) is 0. The molecule has 1 saturated carbocycles. The first kappa shape index (κ1) is 8.06. The highest BCUT2D eigenvalue weighted by Gasteiger charge is 2.52. The Labute approximate surface area is 64.0 Å². The van der Waals surface area contributed by atoms with Crippen LogP contribution >= 0.6 is 0 Å². The SMILES string of the molecule is CC(C)C(C)(C)C1(N)CC1. The van der Waals surface area contributed by atoms with Crippen LogP contribution < -0.4 is 5.73 Å². The summed E-state index contributed by atoms with van der Waals surface area (Å²) in [6, 6.07) is 0. The second kappa shape index (κ2) is 1.97. The van der Waals surface area contributed by atoms with Crippen LogP contribution in [0.3, 0.4) is 0 Å². The quantitative estimate of drug-likeness (QED) is 0.626. The van der Waals surface area contributed by atoms with Gasteiger partial charge in [-0.25, -0.2) is 0 Å². The number of rotatable bonds is 2. The Morgan fingerprint density at radius 3 is 1.80 bits per heavy atom. The van der Waals surface area contributed by atoms with E-state index in [2.05, 4.69) is 27.7 Å². The van der Waals surface area contributed by atoms with Crippen LogP contribution in [0, 0.1) is 11.3 Å². The number of hydrogen-bond acceptors (Lipinski definition) is 1. The monoisotopic (exact) mass is 141 g/mol. The van der Waals surface area contributed by atoms with Gasteiger partial charge in [0.1, 0.15) is 0 Å². The molecule has 0 aromatic carbocycles. The molecule has 1 aliphatic rings. The molecule has 0 radical (unpaired) electrons. The van der Waals surface area contributed by atoms with Gasteiger partial charge in [0.25, 0.3) is 0 Å². The van der Waals surface area contributed by atoms with Crippen molar-refractivity contribution in [2.24, 2.45) is 17.1 Å². The van der Waals surface area contributed by atoms with Gasteiger partial charge in [-0.1, -0.05) is 27.7 Å². The standard InChI is InChI=1S/C9H19N/c1-7(2)8(3,4)9(10)5-6-9/h7H,5-6,10H2,1-4H3. The third kappa shape index (κ3) is 0.968. The highest BCUT2D eigenvalue weighted by Crippen LogP contribution is 2.51. The molecule has 0 aromatic rings. The predicted octanol–water partition coefficient (Wildman–Crippen LogP) is 2.16. The zero-order valence-electron chi connectivity index (χ0n) is 7.57. The maximum absolute atomic E-state index is 6.13. The molecule has 60 valence electrons. The Morgan fingerprint density at radius 2 is 1.70 bits per heavy atom. The van der Waals surface area contributed by atoms with Crippen LogP contribution in [0.2, 0.25) is 0 Å². The lowest BCUT2D eigenvalue weighted by Crippen LogP contribution is -2.43. The molecular formula is C9H19N. The molecule has 1 rings (SSSR count). The normalized spacial score (nSPS) is 23.4. The van der Waals surface area contributed by atoms with E-state index >= 15 is 0 Å². The first-order chi connectivity index (χ1) is 4.40. The average Bonchev–Trinajstić information content (AvgIpc) is 2.48. The lowest BCUT2D eigenvalue weighted by Gasteiger charge is -2.36. The molecule has 0 heterocycles. The zero-order chi connectivity index (χ0) is 7.99. The van der Waals surface area contributed by atoms with Crippen LogP contribution in [0.5, 0.6) is 0 Å². The maximum atomic E-state index is 6.13. The molecule has 1 fully saturated rings. The van der Waals surface area contributed by atoms with E-state index in [4.69, 9.17) is 5.73 Å². The summed E-state index contributed by atoms with van der Waals surface area (Å²) in [5.74, 6) is 0.694. The summed E-state index contributed by atoms with van der Waals surface area (Å²) < 4.78 is 0. The Hall–Kier alpha value is -0.0400. The fourth-order valence-electron chi connectivity index (χ4n) is 1.35. The second-order valence-corrected chi connectivity index (χ2v) is 4.53. The third-order valence-electron chi connectivity index (χ3n) is 3.52. The van der Waals surface area contributed by atoms with Gasteiger partial charge in [-0.2, -0.15) is 0 Å². The Balaban J connectivity index is 2.67. The van der Waals surface area contributed by atoms with E-state index < -0.39 is 0 Å². The minimum atomic E-state index is 0.168. The number of nitrogens with two attached hydrogens (primary N) is 1. The van der Waals surface area contributed by atoms with Gasteiger partial charge in [-0.3, -0.25) is 0 Å². The summed E-state index contributed by atoms with van der Waals surface area (Å²) >= 11 is 0. The van der Waals surface area contributed by atoms with Crippen molar-refractivity contribution >= 4 is 0 Å². The molecular weight excluding hydrogens is 122 g/mol. The van der Waals surface area contributed by atoms with Crippen LogP contribution in [0.15, 0.2) is 0 Å². The van der Waals surface area contributed by atoms with Gasteiger partial charge in [-0.15, -0.1) is 0 Å². The first-order valence-electron chi connectivity index (χ1n) is 4.19. The van der Waals surface area contributed by atoms with Gasteiger partial charge in [0.15, 0.2) is 0 Å². The smallest absolute Gasteiger partial charge is 0.0209 e. The van der Waals surface area contributed by atoms with E-state index in [1.165, 1.54) is 12.8 Å². The van der Waals surface area contributed by atoms with Crippen molar-refractivity contribution in [3.63, 3.8) is 0 Å². The van der Waals surface area contributed by atoms with Gasteiger partial charge < -0.3 is 5.73 Å². The molecule has 0 bridgehead atoms. The van der Waals surface area contributed by atoms with Crippen molar-refractivity contribution in [1.82, 2.24) is 0 Å². The Morgan fingerprint density at radius 1 is 1.30 bits per heavy atom. The molecule has 0 unspecified atom stereocenters. The molecule has 0 atom stereocenters. The minimum absolute atomic E-state index is 0.168. The van der Waals surface area contributed by atoms with E-state index in [-0.39, 0.29) is 5.54 Å². The van der Waals surface area contributed by atoms with E-state index in [0.29, 0.717) is 11.3 Å².